The molecular formula is C20H21BrN4O3. The van der Waals surface area contributed by atoms with Gasteiger partial charge in [0.25, 0.3) is 5.91 Å². The average Bonchev–Trinajstić information content (AvgIpc) is 2.96. The first kappa shape index (κ1) is 19.9. The highest BCUT2D eigenvalue weighted by atomic mass is 79.9. The largest absolute Gasteiger partial charge is 0.329 e. The van der Waals surface area contributed by atoms with E-state index >= 15 is 0 Å². The number of fused-ring (bicyclic) bond motifs is 1. The number of aryl methyl sites for hydroxylation is 2. The lowest BCUT2D eigenvalue weighted by atomic mass is 10.2. The number of nitrogens with one attached hydrogen (secondary N) is 2. The normalized spacial score (nSPS) is 10.8. The molecule has 0 atom stereocenters. The Morgan fingerprint density at radius 1 is 0.929 bits per heavy atom. The molecule has 3 aromatic rings. The van der Waals surface area contributed by atoms with Gasteiger partial charge in [-0.1, -0.05) is 31.2 Å². The van der Waals surface area contributed by atoms with Crippen LogP contribution in [-0.2, 0) is 17.9 Å². The van der Waals surface area contributed by atoms with Crippen LogP contribution in [0.1, 0.15) is 30.1 Å². The third-order valence-corrected chi connectivity index (χ3v) is 5.06. The number of rotatable bonds is 6. The molecule has 0 radical (unpaired) electrons. The van der Waals surface area contributed by atoms with Crippen LogP contribution >= 0.6 is 15.9 Å². The summed E-state index contributed by atoms with van der Waals surface area (Å²) in [5.41, 5.74) is 6.73. The number of halogens is 1. The SMILES string of the molecule is CCCn1c(=O)n(CCC(=O)NNC(=O)c2ccccc2Br)c2ccccc21. The van der Waals surface area contributed by atoms with Crippen molar-refractivity contribution >= 4 is 38.8 Å². The minimum Gasteiger partial charge on any atom is -0.292 e. The summed E-state index contributed by atoms with van der Waals surface area (Å²) in [6.07, 6.45) is 0.908. The van der Waals surface area contributed by atoms with Gasteiger partial charge in [-0.25, -0.2) is 4.79 Å². The number of benzene rings is 2. The van der Waals surface area contributed by atoms with Gasteiger partial charge in [0.1, 0.15) is 0 Å². The number of nitrogens with zero attached hydrogens (tertiary/aromatic N) is 2. The molecule has 0 fully saturated rings. The smallest absolute Gasteiger partial charge is 0.292 e. The maximum atomic E-state index is 12.7. The number of hydrogen-bond donors (Lipinski definition) is 2. The Bertz CT molecular complexity index is 1070. The molecule has 2 aromatic carbocycles. The monoisotopic (exact) mass is 444 g/mol. The first-order valence-electron chi connectivity index (χ1n) is 9.04. The molecule has 0 aliphatic rings. The molecule has 0 aliphatic heterocycles. The lowest BCUT2D eigenvalue weighted by molar-refractivity contribution is -0.122. The maximum absolute atomic E-state index is 12.7. The second-order valence-corrected chi connectivity index (χ2v) is 7.16. The Morgan fingerprint density at radius 3 is 2.18 bits per heavy atom. The zero-order chi connectivity index (χ0) is 20.1. The number of aromatic nitrogens is 2. The van der Waals surface area contributed by atoms with Gasteiger partial charge in [-0.3, -0.25) is 29.6 Å². The standard InChI is InChI=1S/C20H21BrN4O3/c1-2-12-24-16-9-5-6-10-17(16)25(20(24)28)13-11-18(26)22-23-19(27)14-7-3-4-8-15(14)21/h3-10H,2,11-13H2,1H3,(H,22,26)(H,23,27). The lowest BCUT2D eigenvalue weighted by Gasteiger charge is -2.09. The van der Waals surface area contributed by atoms with Gasteiger partial charge in [-0.2, -0.15) is 0 Å². The summed E-state index contributed by atoms with van der Waals surface area (Å²) < 4.78 is 3.96. The Morgan fingerprint density at radius 2 is 1.54 bits per heavy atom. The van der Waals surface area contributed by atoms with Crippen molar-refractivity contribution in [2.75, 3.05) is 0 Å². The minimum absolute atomic E-state index is 0.0658. The number of amides is 2. The van der Waals surface area contributed by atoms with Gasteiger partial charge in [-0.15, -0.1) is 0 Å². The predicted molar refractivity (Wildman–Crippen MR) is 111 cm³/mol. The van der Waals surface area contributed by atoms with Crippen molar-refractivity contribution in [3.05, 3.63) is 69.1 Å². The summed E-state index contributed by atoms with van der Waals surface area (Å²) in [5.74, 6) is -0.794. The minimum atomic E-state index is -0.419. The second-order valence-electron chi connectivity index (χ2n) is 6.31. The van der Waals surface area contributed by atoms with Crippen molar-refractivity contribution in [2.45, 2.75) is 32.9 Å². The Kier molecular flexibility index (Phi) is 6.30. The van der Waals surface area contributed by atoms with Crippen LogP contribution < -0.4 is 16.5 Å². The van der Waals surface area contributed by atoms with Gasteiger partial charge in [0, 0.05) is 24.0 Å². The first-order chi connectivity index (χ1) is 13.5. The summed E-state index contributed by atoms with van der Waals surface area (Å²) in [6.45, 7) is 2.87. The number of para-hydroxylation sites is 2. The molecule has 0 unspecified atom stereocenters. The molecule has 3 rings (SSSR count). The molecule has 1 aromatic heterocycles. The summed E-state index contributed by atoms with van der Waals surface area (Å²) in [5, 5.41) is 0. The van der Waals surface area contributed by atoms with E-state index in [9.17, 15) is 14.4 Å². The molecule has 0 spiro atoms. The zero-order valence-corrected chi connectivity index (χ0v) is 17.0. The van der Waals surface area contributed by atoms with Gasteiger partial charge < -0.3 is 0 Å². The molecule has 2 amide bonds. The van der Waals surface area contributed by atoms with Crippen molar-refractivity contribution in [1.29, 1.82) is 0 Å². The molecule has 146 valence electrons. The number of imidazole rings is 1. The molecule has 1 heterocycles. The maximum Gasteiger partial charge on any atom is 0.329 e. The van der Waals surface area contributed by atoms with E-state index in [4.69, 9.17) is 0 Å². The molecule has 0 saturated carbocycles. The number of hydrogen-bond acceptors (Lipinski definition) is 3. The fraction of sp³-hybridized carbons (Fsp3) is 0.250. The summed E-state index contributed by atoms with van der Waals surface area (Å²) in [4.78, 5) is 37.0. The van der Waals surface area contributed by atoms with Crippen LogP contribution in [0.3, 0.4) is 0 Å². The van der Waals surface area contributed by atoms with Gasteiger partial charge in [0.05, 0.1) is 16.6 Å². The number of carbonyl (C=O) groups is 2. The highest BCUT2D eigenvalue weighted by Gasteiger charge is 2.14. The van der Waals surface area contributed by atoms with E-state index in [1.807, 2.05) is 31.2 Å². The van der Waals surface area contributed by atoms with E-state index in [-0.39, 0.29) is 24.6 Å². The van der Waals surface area contributed by atoms with Crippen molar-refractivity contribution < 1.29 is 9.59 Å². The number of carbonyl (C=O) groups excluding carboxylic acids is 2. The van der Waals surface area contributed by atoms with Crippen LogP contribution in [0.15, 0.2) is 57.8 Å². The van der Waals surface area contributed by atoms with E-state index < -0.39 is 5.91 Å². The molecule has 0 saturated heterocycles. The molecule has 2 N–H and O–H groups in total. The van der Waals surface area contributed by atoms with Crippen molar-refractivity contribution in [2.24, 2.45) is 0 Å². The summed E-state index contributed by atoms with van der Waals surface area (Å²) in [6, 6.07) is 14.5. The van der Waals surface area contributed by atoms with Crippen LogP contribution in [0.25, 0.3) is 11.0 Å². The van der Waals surface area contributed by atoms with Crippen molar-refractivity contribution in [3.63, 3.8) is 0 Å². The van der Waals surface area contributed by atoms with E-state index in [2.05, 4.69) is 26.8 Å². The summed E-state index contributed by atoms with van der Waals surface area (Å²) >= 11 is 3.30. The molecule has 0 bridgehead atoms. The fourth-order valence-electron chi connectivity index (χ4n) is 3.04. The van der Waals surface area contributed by atoms with Crippen molar-refractivity contribution in [3.8, 4) is 0 Å². The van der Waals surface area contributed by atoms with Crippen LogP contribution in [0.2, 0.25) is 0 Å². The third kappa shape index (κ3) is 4.17. The topological polar surface area (TPSA) is 85.1 Å². The number of hydrazine groups is 1. The lowest BCUT2D eigenvalue weighted by Crippen LogP contribution is -2.42. The van der Waals surface area contributed by atoms with Gasteiger partial charge in [0.15, 0.2) is 0 Å². The summed E-state index contributed by atoms with van der Waals surface area (Å²) in [7, 11) is 0. The van der Waals surface area contributed by atoms with Gasteiger partial charge >= 0.3 is 5.69 Å². The van der Waals surface area contributed by atoms with Crippen molar-refractivity contribution in [1.82, 2.24) is 20.0 Å². The van der Waals surface area contributed by atoms with Crippen LogP contribution in [0, 0.1) is 0 Å². The van der Waals surface area contributed by atoms with E-state index in [0.717, 1.165) is 17.5 Å². The van der Waals surface area contributed by atoms with E-state index in [0.29, 0.717) is 16.6 Å². The van der Waals surface area contributed by atoms with Crippen LogP contribution in [0.4, 0.5) is 0 Å². The second kappa shape index (κ2) is 8.88. The Balaban J connectivity index is 1.65. The highest BCUT2D eigenvalue weighted by Crippen LogP contribution is 2.15. The van der Waals surface area contributed by atoms with Crippen LogP contribution in [0.5, 0.6) is 0 Å². The van der Waals surface area contributed by atoms with Crippen LogP contribution in [-0.4, -0.2) is 20.9 Å². The molecule has 28 heavy (non-hydrogen) atoms. The molecule has 0 aliphatic carbocycles. The first-order valence-corrected chi connectivity index (χ1v) is 9.84. The van der Waals surface area contributed by atoms with E-state index in [1.54, 1.807) is 33.4 Å². The fourth-order valence-corrected chi connectivity index (χ4v) is 3.51. The quantitative estimate of drug-likeness (QED) is 0.573. The Hall–Kier alpha value is -2.87. The predicted octanol–water partition coefficient (Wildman–Crippen LogP) is 2.83. The zero-order valence-electron chi connectivity index (χ0n) is 15.4. The van der Waals surface area contributed by atoms with Gasteiger partial charge in [0.2, 0.25) is 5.91 Å². The van der Waals surface area contributed by atoms with E-state index in [1.165, 1.54) is 0 Å². The Labute approximate surface area is 170 Å². The highest BCUT2D eigenvalue weighted by molar-refractivity contribution is 9.10. The molecule has 8 heteroatoms. The average molecular weight is 445 g/mol. The molecule has 7 nitrogen and oxygen atoms in total. The third-order valence-electron chi connectivity index (χ3n) is 4.37. The molecular weight excluding hydrogens is 424 g/mol. The van der Waals surface area contributed by atoms with Gasteiger partial charge in [-0.05, 0) is 46.6 Å².